The molecule has 35 heavy (non-hydrogen) atoms. The van der Waals surface area contributed by atoms with E-state index in [1.54, 1.807) is 0 Å². The lowest BCUT2D eigenvalue weighted by molar-refractivity contribution is -0.145. The number of aromatic nitrogens is 1. The first-order chi connectivity index (χ1) is 16.5. The Morgan fingerprint density at radius 2 is 1.60 bits per heavy atom. The molecule has 188 valence electrons. The van der Waals surface area contributed by atoms with Gasteiger partial charge in [-0.3, -0.25) is 4.79 Å². The molecule has 2 heterocycles. The van der Waals surface area contributed by atoms with Gasteiger partial charge in [0.1, 0.15) is 6.04 Å². The summed E-state index contributed by atoms with van der Waals surface area (Å²) in [4.78, 5) is 16.7. The molecule has 0 saturated heterocycles. The Hall–Kier alpha value is -2.64. The molecule has 0 spiro atoms. The van der Waals surface area contributed by atoms with Gasteiger partial charge in [0, 0.05) is 23.0 Å². The second kappa shape index (κ2) is 9.43. The number of fused-ring (bicyclic) bond motifs is 3. The Morgan fingerprint density at radius 1 is 1.00 bits per heavy atom. The van der Waals surface area contributed by atoms with Crippen molar-refractivity contribution in [2.45, 2.75) is 83.2 Å². The van der Waals surface area contributed by atoms with E-state index in [-0.39, 0.29) is 30.7 Å². The van der Waals surface area contributed by atoms with Crippen LogP contribution in [0.25, 0.3) is 10.9 Å². The van der Waals surface area contributed by atoms with Gasteiger partial charge in [-0.05, 0) is 46.1 Å². The first kappa shape index (κ1) is 25.5. The van der Waals surface area contributed by atoms with Gasteiger partial charge >= 0.3 is 5.97 Å². The van der Waals surface area contributed by atoms with Gasteiger partial charge in [-0.1, -0.05) is 71.9 Å². The van der Waals surface area contributed by atoms with Gasteiger partial charge in [-0.25, -0.2) is 8.42 Å². The van der Waals surface area contributed by atoms with Crippen molar-refractivity contribution < 1.29 is 17.9 Å². The van der Waals surface area contributed by atoms with Crippen molar-refractivity contribution in [1.29, 1.82) is 0 Å². The minimum absolute atomic E-state index is 0.000907. The van der Waals surface area contributed by atoms with Crippen LogP contribution in [0.4, 0.5) is 0 Å². The largest absolute Gasteiger partial charge is 0.468 e. The summed E-state index contributed by atoms with van der Waals surface area (Å²) in [6.07, 6.45) is 0.267. The van der Waals surface area contributed by atoms with Gasteiger partial charge in [-0.15, -0.1) is 0 Å². The molecule has 4 rings (SSSR count). The minimum atomic E-state index is -4.03. The van der Waals surface area contributed by atoms with E-state index in [0.717, 1.165) is 38.9 Å². The van der Waals surface area contributed by atoms with Crippen LogP contribution in [0.15, 0.2) is 41.3 Å². The monoisotopic (exact) mass is 496 g/mol. The first-order valence-corrected chi connectivity index (χ1v) is 13.8. The highest BCUT2D eigenvalue weighted by Crippen LogP contribution is 2.40. The molecule has 0 fully saturated rings. The predicted molar refractivity (Wildman–Crippen MR) is 139 cm³/mol. The van der Waals surface area contributed by atoms with Crippen LogP contribution in [0.2, 0.25) is 0 Å². The van der Waals surface area contributed by atoms with Gasteiger partial charge in [-0.2, -0.15) is 4.31 Å². The van der Waals surface area contributed by atoms with Crippen LogP contribution >= 0.6 is 0 Å². The summed E-state index contributed by atoms with van der Waals surface area (Å²) in [5, 5.41) is 1.01. The number of aromatic amines is 1. The van der Waals surface area contributed by atoms with Gasteiger partial charge in [0.15, 0.2) is 0 Å². The number of H-pyrrole nitrogens is 1. The van der Waals surface area contributed by atoms with E-state index in [1.165, 1.54) is 11.4 Å². The number of hydrogen-bond acceptors (Lipinski definition) is 4. The molecular formula is C28H36N2O4S. The quantitative estimate of drug-likeness (QED) is 0.436. The molecule has 1 unspecified atom stereocenters. The zero-order valence-electron chi connectivity index (χ0n) is 21.7. The number of nitrogens with one attached hydrogen (secondary N) is 1. The fourth-order valence-corrected chi connectivity index (χ4v) is 7.29. The molecule has 0 radical (unpaired) electrons. The molecule has 0 saturated carbocycles. The molecule has 0 bridgehead atoms. The van der Waals surface area contributed by atoms with E-state index in [9.17, 15) is 13.2 Å². The fourth-order valence-electron chi connectivity index (χ4n) is 5.08. The lowest BCUT2D eigenvalue weighted by atomic mass is 9.89. The van der Waals surface area contributed by atoms with Gasteiger partial charge in [0.2, 0.25) is 10.0 Å². The van der Waals surface area contributed by atoms with E-state index in [1.807, 2.05) is 64.1 Å². The maximum atomic E-state index is 14.5. The number of rotatable bonds is 6. The first-order valence-electron chi connectivity index (χ1n) is 12.3. The van der Waals surface area contributed by atoms with E-state index in [2.05, 4.69) is 18.8 Å². The molecule has 1 atom stereocenters. The Bertz CT molecular complexity index is 1340. The number of carbonyl (C=O) groups is 1. The number of carbonyl (C=O) groups excluding carboxylic acids is 1. The molecule has 1 aliphatic rings. The number of nitrogens with zero attached hydrogens (tertiary/aromatic N) is 1. The summed E-state index contributed by atoms with van der Waals surface area (Å²) < 4.78 is 35.4. The van der Waals surface area contributed by atoms with E-state index in [4.69, 9.17) is 4.74 Å². The van der Waals surface area contributed by atoms with Crippen molar-refractivity contribution in [3.05, 3.63) is 64.3 Å². The standard InChI is InChI=1S/C28H36N2O4S/c1-16(2)19-12-21(17(3)4)27(22(13-19)18(5)6)35(32,33)30-15-25-23(14-26(30)28(31)34-7)20-10-8-9-11-24(20)29-25/h8-13,16-18,26,29H,14-15H2,1-7H3. The summed E-state index contributed by atoms with van der Waals surface area (Å²) in [6, 6.07) is 11.0. The number of sulfonamides is 1. The number of ether oxygens (including phenoxy) is 1. The Morgan fingerprint density at radius 3 is 2.14 bits per heavy atom. The number of esters is 1. The van der Waals surface area contributed by atoms with Crippen LogP contribution in [-0.2, 0) is 32.5 Å². The molecular weight excluding hydrogens is 460 g/mol. The zero-order valence-corrected chi connectivity index (χ0v) is 22.5. The highest BCUT2D eigenvalue weighted by atomic mass is 32.2. The molecule has 2 aromatic carbocycles. The van der Waals surface area contributed by atoms with Crippen molar-refractivity contribution >= 4 is 26.9 Å². The lowest BCUT2D eigenvalue weighted by Crippen LogP contribution is -2.49. The highest BCUT2D eigenvalue weighted by molar-refractivity contribution is 7.89. The summed E-state index contributed by atoms with van der Waals surface area (Å²) >= 11 is 0. The SMILES string of the molecule is COC(=O)C1Cc2c([nH]c3ccccc23)CN1S(=O)(=O)c1c(C(C)C)cc(C(C)C)cc1C(C)C. The molecule has 1 aromatic heterocycles. The molecule has 7 heteroatoms. The summed E-state index contributed by atoms with van der Waals surface area (Å²) in [5.41, 5.74) is 5.46. The van der Waals surface area contributed by atoms with Crippen molar-refractivity contribution in [2.75, 3.05) is 7.11 Å². The molecule has 6 nitrogen and oxygen atoms in total. The normalized spacial score (nSPS) is 16.9. The topological polar surface area (TPSA) is 79.5 Å². The second-order valence-corrected chi connectivity index (χ2v) is 12.2. The summed E-state index contributed by atoms with van der Waals surface area (Å²) in [5.74, 6) is -0.268. The average Bonchev–Trinajstić information content (AvgIpc) is 3.19. The minimum Gasteiger partial charge on any atom is -0.468 e. The summed E-state index contributed by atoms with van der Waals surface area (Å²) in [6.45, 7) is 12.4. The molecule has 3 aromatic rings. The van der Waals surface area contributed by atoms with Crippen molar-refractivity contribution in [2.24, 2.45) is 0 Å². The Labute approximate surface area is 208 Å². The third-order valence-corrected chi connectivity index (χ3v) is 9.07. The van der Waals surface area contributed by atoms with E-state index >= 15 is 0 Å². The third-order valence-electron chi connectivity index (χ3n) is 7.08. The number of para-hydroxylation sites is 1. The predicted octanol–water partition coefficient (Wildman–Crippen LogP) is 5.83. The summed E-state index contributed by atoms with van der Waals surface area (Å²) in [7, 11) is -2.71. The number of benzene rings is 2. The highest BCUT2D eigenvalue weighted by Gasteiger charge is 2.43. The van der Waals surface area contributed by atoms with Crippen LogP contribution in [-0.4, -0.2) is 36.8 Å². The Kier molecular flexibility index (Phi) is 6.86. The molecule has 0 amide bonds. The molecule has 1 N–H and O–H groups in total. The van der Waals surface area contributed by atoms with Crippen molar-refractivity contribution in [3.63, 3.8) is 0 Å². The van der Waals surface area contributed by atoms with E-state index in [0.29, 0.717) is 4.90 Å². The van der Waals surface area contributed by atoms with Crippen LogP contribution < -0.4 is 0 Å². The maximum absolute atomic E-state index is 14.5. The van der Waals surface area contributed by atoms with Crippen LogP contribution in [0.1, 0.15) is 87.2 Å². The zero-order chi connectivity index (χ0) is 25.7. The van der Waals surface area contributed by atoms with Crippen LogP contribution in [0, 0.1) is 0 Å². The molecule has 0 aliphatic carbocycles. The van der Waals surface area contributed by atoms with Crippen LogP contribution in [0.5, 0.6) is 0 Å². The number of hydrogen-bond donors (Lipinski definition) is 1. The molecule has 1 aliphatic heterocycles. The van der Waals surface area contributed by atoms with Gasteiger partial charge < -0.3 is 9.72 Å². The number of methoxy groups -OCH3 is 1. The van der Waals surface area contributed by atoms with Gasteiger partial charge in [0.05, 0.1) is 18.6 Å². The average molecular weight is 497 g/mol. The fraction of sp³-hybridized carbons (Fsp3) is 0.464. The van der Waals surface area contributed by atoms with Crippen molar-refractivity contribution in [1.82, 2.24) is 9.29 Å². The third kappa shape index (κ3) is 4.40. The maximum Gasteiger partial charge on any atom is 0.324 e. The van der Waals surface area contributed by atoms with Gasteiger partial charge in [0.25, 0.3) is 0 Å². The smallest absolute Gasteiger partial charge is 0.324 e. The van der Waals surface area contributed by atoms with Crippen LogP contribution in [0.3, 0.4) is 0 Å². The van der Waals surface area contributed by atoms with E-state index < -0.39 is 22.0 Å². The lowest BCUT2D eigenvalue weighted by Gasteiger charge is -2.35. The second-order valence-electron chi connectivity index (χ2n) is 10.4. The Balaban J connectivity index is 1.94. The van der Waals surface area contributed by atoms with Crippen molar-refractivity contribution in [3.8, 4) is 0 Å².